The van der Waals surface area contributed by atoms with Crippen LogP contribution in [0.2, 0.25) is 5.02 Å². The maximum absolute atomic E-state index is 13.8. The number of thiol groups is 1. The van der Waals surface area contributed by atoms with Crippen molar-refractivity contribution >= 4 is 47.8 Å². The monoisotopic (exact) mass is 533 g/mol. The van der Waals surface area contributed by atoms with Crippen LogP contribution >= 0.6 is 24.2 Å². The summed E-state index contributed by atoms with van der Waals surface area (Å²) in [5, 5.41) is 5.93. The van der Waals surface area contributed by atoms with Crippen LogP contribution in [0.3, 0.4) is 0 Å². The highest BCUT2D eigenvalue weighted by Crippen LogP contribution is 2.30. The van der Waals surface area contributed by atoms with Crippen molar-refractivity contribution < 1.29 is 19.1 Å². The number of rotatable bonds is 9. The number of alkyl carbamates (subject to hydrolysis) is 1. The van der Waals surface area contributed by atoms with E-state index in [1.807, 2.05) is 51.1 Å². The van der Waals surface area contributed by atoms with Gasteiger partial charge in [-0.05, 0) is 58.2 Å². The van der Waals surface area contributed by atoms with Crippen molar-refractivity contribution in [3.63, 3.8) is 0 Å². The summed E-state index contributed by atoms with van der Waals surface area (Å²) in [6.07, 6.45) is -0.132. The molecule has 9 heteroatoms. The minimum Gasteiger partial charge on any atom is -0.444 e. The molecule has 2 unspecified atom stereocenters. The summed E-state index contributed by atoms with van der Waals surface area (Å²) in [6, 6.07) is 10.8. The first-order valence-electron chi connectivity index (χ1n) is 11.9. The van der Waals surface area contributed by atoms with Gasteiger partial charge in [0, 0.05) is 12.3 Å². The van der Waals surface area contributed by atoms with Gasteiger partial charge in [0.15, 0.2) is 0 Å². The number of carbonyl (C=O) groups is 3. The normalized spacial score (nSPS) is 12.9. The van der Waals surface area contributed by atoms with E-state index in [9.17, 15) is 14.4 Å². The van der Waals surface area contributed by atoms with E-state index in [0.29, 0.717) is 22.7 Å². The number of hydrogen-bond acceptors (Lipinski definition) is 5. The molecule has 0 heterocycles. The lowest BCUT2D eigenvalue weighted by atomic mass is 10.0. The number of nitrogens with zero attached hydrogens (tertiary/aromatic N) is 1. The summed E-state index contributed by atoms with van der Waals surface area (Å²) >= 11 is 10.7. The average Bonchev–Trinajstić information content (AvgIpc) is 2.78. The Morgan fingerprint density at radius 3 is 2.33 bits per heavy atom. The van der Waals surface area contributed by atoms with Crippen molar-refractivity contribution in [1.29, 1.82) is 0 Å². The maximum atomic E-state index is 13.8. The Morgan fingerprint density at radius 1 is 1.11 bits per heavy atom. The number of hydrogen-bond donors (Lipinski definition) is 3. The van der Waals surface area contributed by atoms with Gasteiger partial charge in [-0.3, -0.25) is 9.59 Å². The van der Waals surface area contributed by atoms with Crippen LogP contribution in [-0.2, 0) is 14.3 Å². The SMILES string of the molecule is CCCN(C(=O)C(CS)NC(=O)OC(C)(C)C)C(C(=O)Nc1c(C)cccc1Cl)c1cccc(C)c1. The van der Waals surface area contributed by atoms with Gasteiger partial charge in [0.1, 0.15) is 17.7 Å². The van der Waals surface area contributed by atoms with Crippen molar-refractivity contribution in [2.24, 2.45) is 0 Å². The number of ether oxygens (including phenoxy) is 1. The fourth-order valence-electron chi connectivity index (χ4n) is 3.74. The fraction of sp³-hybridized carbons (Fsp3) is 0.444. The lowest BCUT2D eigenvalue weighted by Gasteiger charge is -2.34. The average molecular weight is 534 g/mol. The molecule has 7 nitrogen and oxygen atoms in total. The van der Waals surface area contributed by atoms with Gasteiger partial charge in [-0.1, -0.05) is 60.5 Å². The lowest BCUT2D eigenvalue weighted by Crippen LogP contribution is -2.53. The van der Waals surface area contributed by atoms with Gasteiger partial charge >= 0.3 is 6.09 Å². The predicted octanol–water partition coefficient (Wildman–Crippen LogP) is 5.70. The van der Waals surface area contributed by atoms with E-state index in [-0.39, 0.29) is 12.3 Å². The van der Waals surface area contributed by atoms with E-state index in [4.69, 9.17) is 16.3 Å². The standard InChI is InChI=1S/C27H36ClN3O4S/c1-7-14-31(25(33)21(16-36)29-26(34)35-27(4,5)6)23(19-12-8-10-17(2)15-19)24(32)30-22-18(3)11-9-13-20(22)28/h8-13,15,21,23,36H,7,14,16H2,1-6H3,(H,29,34)(H,30,32). The molecule has 0 radical (unpaired) electrons. The molecule has 0 bridgehead atoms. The number of anilines is 1. The Balaban J connectivity index is 2.48. The highest BCUT2D eigenvalue weighted by Gasteiger charge is 2.36. The molecule has 2 rings (SSSR count). The van der Waals surface area contributed by atoms with Crippen LogP contribution in [0, 0.1) is 13.8 Å². The molecule has 2 atom stereocenters. The van der Waals surface area contributed by atoms with Gasteiger partial charge in [-0.15, -0.1) is 0 Å². The van der Waals surface area contributed by atoms with Crippen molar-refractivity contribution in [3.05, 3.63) is 64.2 Å². The zero-order chi connectivity index (χ0) is 27.0. The van der Waals surface area contributed by atoms with E-state index < -0.39 is 35.6 Å². The van der Waals surface area contributed by atoms with E-state index in [1.165, 1.54) is 4.90 Å². The van der Waals surface area contributed by atoms with Gasteiger partial charge in [-0.2, -0.15) is 12.6 Å². The molecule has 196 valence electrons. The molecule has 0 saturated carbocycles. The Morgan fingerprint density at radius 2 is 1.78 bits per heavy atom. The van der Waals surface area contributed by atoms with Crippen LogP contribution in [0.15, 0.2) is 42.5 Å². The first kappa shape index (κ1) is 29.5. The van der Waals surface area contributed by atoms with Gasteiger partial charge < -0.3 is 20.3 Å². The molecule has 2 aromatic carbocycles. The van der Waals surface area contributed by atoms with Crippen LogP contribution in [0.5, 0.6) is 0 Å². The molecule has 0 aromatic heterocycles. The first-order chi connectivity index (χ1) is 16.9. The predicted molar refractivity (Wildman–Crippen MR) is 148 cm³/mol. The molecule has 0 aliphatic rings. The van der Waals surface area contributed by atoms with Crippen LogP contribution in [0.25, 0.3) is 0 Å². The Labute approximate surface area is 224 Å². The van der Waals surface area contributed by atoms with E-state index in [1.54, 1.807) is 32.9 Å². The number of aryl methyl sites for hydroxylation is 2. The Kier molecular flexibility index (Phi) is 10.7. The molecule has 0 fully saturated rings. The molecule has 0 spiro atoms. The zero-order valence-corrected chi connectivity index (χ0v) is 23.4. The quantitative estimate of drug-likeness (QED) is 0.361. The number of amides is 3. The van der Waals surface area contributed by atoms with Crippen molar-refractivity contribution in [2.75, 3.05) is 17.6 Å². The molecule has 2 aromatic rings. The summed E-state index contributed by atoms with van der Waals surface area (Å²) in [5.74, 6) is -0.812. The molecule has 0 saturated heterocycles. The van der Waals surface area contributed by atoms with E-state index in [2.05, 4.69) is 23.3 Å². The number of benzene rings is 2. The molecule has 0 aliphatic carbocycles. The Bertz CT molecular complexity index is 1070. The fourth-order valence-corrected chi connectivity index (χ4v) is 4.25. The third-order valence-corrected chi connectivity index (χ3v) is 5.99. The van der Waals surface area contributed by atoms with Gasteiger partial charge in [0.2, 0.25) is 5.91 Å². The van der Waals surface area contributed by atoms with Gasteiger partial charge in [0.25, 0.3) is 5.91 Å². The van der Waals surface area contributed by atoms with E-state index >= 15 is 0 Å². The summed E-state index contributed by atoms with van der Waals surface area (Å²) in [4.78, 5) is 41.4. The number of para-hydroxylation sites is 1. The Hall–Kier alpha value is -2.71. The summed E-state index contributed by atoms with van der Waals surface area (Å²) in [5.41, 5.74) is 2.15. The van der Waals surface area contributed by atoms with Gasteiger partial charge in [0.05, 0.1) is 10.7 Å². The highest BCUT2D eigenvalue weighted by molar-refractivity contribution is 7.80. The molecular formula is C27H36ClN3O4S. The second-order valence-electron chi connectivity index (χ2n) is 9.65. The van der Waals surface area contributed by atoms with Crippen LogP contribution < -0.4 is 10.6 Å². The lowest BCUT2D eigenvalue weighted by molar-refractivity contribution is -0.140. The topological polar surface area (TPSA) is 87.7 Å². The second-order valence-corrected chi connectivity index (χ2v) is 10.4. The summed E-state index contributed by atoms with van der Waals surface area (Å²) in [7, 11) is 0. The minimum atomic E-state index is -0.989. The third-order valence-electron chi connectivity index (χ3n) is 5.31. The minimum absolute atomic E-state index is 0.0318. The van der Waals surface area contributed by atoms with Crippen LogP contribution in [0.1, 0.15) is 56.8 Å². The first-order valence-corrected chi connectivity index (χ1v) is 12.9. The molecule has 2 N–H and O–H groups in total. The molecule has 0 aliphatic heterocycles. The van der Waals surface area contributed by atoms with Gasteiger partial charge in [-0.25, -0.2) is 4.79 Å². The van der Waals surface area contributed by atoms with E-state index in [0.717, 1.165) is 11.1 Å². The molecule has 3 amide bonds. The highest BCUT2D eigenvalue weighted by atomic mass is 35.5. The number of halogens is 1. The number of nitrogens with one attached hydrogen (secondary N) is 2. The molecular weight excluding hydrogens is 498 g/mol. The van der Waals surface area contributed by atoms with Crippen molar-refractivity contribution in [2.45, 2.75) is 65.6 Å². The van der Waals surface area contributed by atoms with Crippen molar-refractivity contribution in [1.82, 2.24) is 10.2 Å². The number of carbonyl (C=O) groups excluding carboxylic acids is 3. The summed E-state index contributed by atoms with van der Waals surface area (Å²) in [6.45, 7) is 11.2. The van der Waals surface area contributed by atoms with Crippen LogP contribution in [-0.4, -0.2) is 46.7 Å². The smallest absolute Gasteiger partial charge is 0.408 e. The second kappa shape index (κ2) is 13.0. The largest absolute Gasteiger partial charge is 0.444 e. The maximum Gasteiger partial charge on any atom is 0.408 e. The summed E-state index contributed by atoms with van der Waals surface area (Å²) < 4.78 is 5.32. The molecule has 36 heavy (non-hydrogen) atoms. The third kappa shape index (κ3) is 8.17. The van der Waals surface area contributed by atoms with Crippen molar-refractivity contribution in [3.8, 4) is 0 Å². The van der Waals surface area contributed by atoms with Crippen LogP contribution in [0.4, 0.5) is 10.5 Å². The zero-order valence-electron chi connectivity index (χ0n) is 21.7.